The SMILES string of the molecule is CCCCc1c(C(CC)N(CCCC)CCCC)[nH]c2ccccc12. The highest BCUT2D eigenvalue weighted by Gasteiger charge is 2.23. The number of unbranched alkanes of at least 4 members (excludes halogenated alkanes) is 3. The summed E-state index contributed by atoms with van der Waals surface area (Å²) in [5.41, 5.74) is 4.37. The Labute approximate surface area is 155 Å². The highest BCUT2D eigenvalue weighted by atomic mass is 15.2. The molecule has 0 aliphatic rings. The summed E-state index contributed by atoms with van der Waals surface area (Å²) in [6.45, 7) is 11.7. The van der Waals surface area contributed by atoms with Crippen LogP contribution in [-0.4, -0.2) is 23.0 Å². The van der Waals surface area contributed by atoms with Gasteiger partial charge in [-0.25, -0.2) is 0 Å². The lowest BCUT2D eigenvalue weighted by molar-refractivity contribution is 0.182. The van der Waals surface area contributed by atoms with E-state index in [0.717, 1.165) is 0 Å². The largest absolute Gasteiger partial charge is 0.357 e. The van der Waals surface area contributed by atoms with Crippen LogP contribution in [0.1, 0.15) is 89.9 Å². The summed E-state index contributed by atoms with van der Waals surface area (Å²) in [6.07, 6.45) is 10.0. The number of aromatic nitrogens is 1. The molecule has 2 rings (SSSR count). The number of para-hydroxylation sites is 1. The quantitative estimate of drug-likeness (QED) is 0.446. The van der Waals surface area contributed by atoms with Crippen LogP contribution in [0.5, 0.6) is 0 Å². The fraction of sp³-hybridized carbons (Fsp3) is 0.652. The van der Waals surface area contributed by atoms with Gasteiger partial charge >= 0.3 is 0 Å². The van der Waals surface area contributed by atoms with Crippen LogP contribution in [0, 0.1) is 0 Å². The van der Waals surface area contributed by atoms with Gasteiger partial charge in [-0.15, -0.1) is 0 Å². The van der Waals surface area contributed by atoms with E-state index >= 15 is 0 Å². The van der Waals surface area contributed by atoms with Crippen molar-refractivity contribution in [2.75, 3.05) is 13.1 Å². The molecular formula is C23H38N2. The van der Waals surface area contributed by atoms with Gasteiger partial charge in [0.25, 0.3) is 0 Å². The normalized spacial score (nSPS) is 13.0. The second kappa shape index (κ2) is 10.7. The molecule has 0 aliphatic heterocycles. The number of aryl methyl sites for hydroxylation is 1. The smallest absolute Gasteiger partial charge is 0.0498 e. The van der Waals surface area contributed by atoms with Crippen LogP contribution in [0.25, 0.3) is 10.9 Å². The standard InChI is InChI=1S/C23H38N2/c1-5-9-14-20-19-15-12-13-16-21(19)24-23(20)22(8-4)25(17-10-6-2)18-11-7-3/h12-13,15-16,22,24H,5-11,14,17-18H2,1-4H3. The Hall–Kier alpha value is -1.28. The van der Waals surface area contributed by atoms with Crippen molar-refractivity contribution in [2.45, 2.75) is 85.1 Å². The van der Waals surface area contributed by atoms with E-state index in [9.17, 15) is 0 Å². The second-order valence-electron chi connectivity index (χ2n) is 7.33. The van der Waals surface area contributed by atoms with Crippen LogP contribution in [0.2, 0.25) is 0 Å². The van der Waals surface area contributed by atoms with Gasteiger partial charge in [-0.3, -0.25) is 4.90 Å². The van der Waals surface area contributed by atoms with E-state index in [-0.39, 0.29) is 0 Å². The van der Waals surface area contributed by atoms with Crippen LogP contribution in [0.4, 0.5) is 0 Å². The zero-order chi connectivity index (χ0) is 18.1. The lowest BCUT2D eigenvalue weighted by atomic mass is 9.98. The van der Waals surface area contributed by atoms with E-state index in [0.29, 0.717) is 6.04 Å². The topological polar surface area (TPSA) is 19.0 Å². The molecule has 1 aromatic carbocycles. The van der Waals surface area contributed by atoms with Crippen LogP contribution >= 0.6 is 0 Å². The van der Waals surface area contributed by atoms with Crippen molar-refractivity contribution >= 4 is 10.9 Å². The summed E-state index contributed by atoms with van der Waals surface area (Å²) in [4.78, 5) is 6.56. The van der Waals surface area contributed by atoms with Crippen molar-refractivity contribution in [2.24, 2.45) is 0 Å². The maximum atomic E-state index is 3.82. The highest BCUT2D eigenvalue weighted by Crippen LogP contribution is 2.33. The molecule has 25 heavy (non-hydrogen) atoms. The second-order valence-corrected chi connectivity index (χ2v) is 7.33. The molecular weight excluding hydrogens is 304 g/mol. The summed E-state index contributed by atoms with van der Waals surface area (Å²) in [5, 5.41) is 1.44. The first-order chi connectivity index (χ1) is 12.3. The van der Waals surface area contributed by atoms with Crippen LogP contribution < -0.4 is 0 Å². The maximum Gasteiger partial charge on any atom is 0.0498 e. The van der Waals surface area contributed by atoms with Crippen molar-refractivity contribution < 1.29 is 0 Å². The predicted molar refractivity (Wildman–Crippen MR) is 111 cm³/mol. The molecule has 1 unspecified atom stereocenters. The molecule has 140 valence electrons. The first-order valence-corrected chi connectivity index (χ1v) is 10.6. The summed E-state index contributed by atoms with van der Waals surface area (Å²) < 4.78 is 0. The third kappa shape index (κ3) is 5.10. The first kappa shape index (κ1) is 20.0. The van der Waals surface area contributed by atoms with E-state index in [1.165, 1.54) is 81.1 Å². The molecule has 2 nitrogen and oxygen atoms in total. The minimum absolute atomic E-state index is 0.525. The van der Waals surface area contributed by atoms with Gasteiger partial charge < -0.3 is 4.98 Å². The molecule has 1 atom stereocenters. The number of H-pyrrole nitrogens is 1. The third-order valence-corrected chi connectivity index (χ3v) is 5.39. The number of rotatable bonds is 12. The van der Waals surface area contributed by atoms with Gasteiger partial charge in [-0.2, -0.15) is 0 Å². The predicted octanol–water partition coefficient (Wildman–Crippen LogP) is 6.86. The molecule has 0 aliphatic carbocycles. The molecule has 1 heterocycles. The summed E-state index contributed by atoms with van der Waals surface area (Å²) in [7, 11) is 0. The molecule has 2 heteroatoms. The van der Waals surface area contributed by atoms with Crippen molar-refractivity contribution in [3.63, 3.8) is 0 Å². The number of benzene rings is 1. The molecule has 0 radical (unpaired) electrons. The molecule has 1 N–H and O–H groups in total. The number of nitrogens with one attached hydrogen (secondary N) is 1. The number of fused-ring (bicyclic) bond motifs is 1. The lowest BCUT2D eigenvalue weighted by Crippen LogP contribution is -2.31. The molecule has 1 aromatic heterocycles. The molecule has 0 fully saturated rings. The third-order valence-electron chi connectivity index (χ3n) is 5.39. The van der Waals surface area contributed by atoms with Gasteiger partial charge in [0.15, 0.2) is 0 Å². The van der Waals surface area contributed by atoms with Gasteiger partial charge in [-0.05, 0) is 56.8 Å². The zero-order valence-electron chi connectivity index (χ0n) is 16.9. The monoisotopic (exact) mass is 342 g/mol. The van der Waals surface area contributed by atoms with Crippen molar-refractivity contribution in [1.29, 1.82) is 0 Å². The van der Waals surface area contributed by atoms with E-state index in [2.05, 4.69) is 61.8 Å². The van der Waals surface area contributed by atoms with Crippen LogP contribution in [0.3, 0.4) is 0 Å². The van der Waals surface area contributed by atoms with Gasteiger partial charge in [0.1, 0.15) is 0 Å². The van der Waals surface area contributed by atoms with Gasteiger partial charge in [-0.1, -0.05) is 65.2 Å². The summed E-state index contributed by atoms with van der Waals surface area (Å²) >= 11 is 0. The lowest BCUT2D eigenvalue weighted by Gasteiger charge is -2.31. The first-order valence-electron chi connectivity index (χ1n) is 10.6. The minimum atomic E-state index is 0.525. The van der Waals surface area contributed by atoms with Gasteiger partial charge in [0.2, 0.25) is 0 Å². The summed E-state index contributed by atoms with van der Waals surface area (Å²) in [6, 6.07) is 9.40. The van der Waals surface area contributed by atoms with Crippen molar-refractivity contribution in [3.8, 4) is 0 Å². The van der Waals surface area contributed by atoms with E-state index in [1.807, 2.05) is 0 Å². The Morgan fingerprint density at radius 2 is 1.52 bits per heavy atom. The Bertz CT molecular complexity index is 606. The average molecular weight is 343 g/mol. The number of hydrogen-bond donors (Lipinski definition) is 1. The highest BCUT2D eigenvalue weighted by molar-refractivity contribution is 5.84. The number of hydrogen-bond acceptors (Lipinski definition) is 1. The minimum Gasteiger partial charge on any atom is -0.357 e. The van der Waals surface area contributed by atoms with E-state index in [4.69, 9.17) is 0 Å². The van der Waals surface area contributed by atoms with Crippen LogP contribution in [-0.2, 0) is 6.42 Å². The number of nitrogens with zero attached hydrogens (tertiary/aromatic N) is 1. The van der Waals surface area contributed by atoms with E-state index < -0.39 is 0 Å². The zero-order valence-corrected chi connectivity index (χ0v) is 16.9. The van der Waals surface area contributed by atoms with Gasteiger partial charge in [0.05, 0.1) is 0 Å². The van der Waals surface area contributed by atoms with Crippen molar-refractivity contribution in [3.05, 3.63) is 35.5 Å². The molecule has 0 saturated carbocycles. The summed E-state index contributed by atoms with van der Waals surface area (Å²) in [5.74, 6) is 0. The molecule has 0 spiro atoms. The Kier molecular flexibility index (Phi) is 8.54. The fourth-order valence-corrected chi connectivity index (χ4v) is 3.92. The average Bonchev–Trinajstić information content (AvgIpc) is 3.00. The maximum absolute atomic E-state index is 3.82. The number of aromatic amines is 1. The molecule has 0 amide bonds. The molecule has 2 aromatic rings. The van der Waals surface area contributed by atoms with Crippen LogP contribution in [0.15, 0.2) is 24.3 Å². The Morgan fingerprint density at radius 3 is 2.12 bits per heavy atom. The van der Waals surface area contributed by atoms with Gasteiger partial charge in [0, 0.05) is 22.6 Å². The van der Waals surface area contributed by atoms with Crippen molar-refractivity contribution in [1.82, 2.24) is 9.88 Å². The fourth-order valence-electron chi connectivity index (χ4n) is 3.92. The molecule has 0 bridgehead atoms. The Balaban J connectivity index is 2.38. The molecule has 0 saturated heterocycles. The van der Waals surface area contributed by atoms with E-state index in [1.54, 1.807) is 5.56 Å². The Morgan fingerprint density at radius 1 is 0.880 bits per heavy atom.